The molecule has 0 fully saturated rings. The van der Waals surface area contributed by atoms with Crippen LogP contribution in [0.1, 0.15) is 5.56 Å². The molecule has 0 spiro atoms. The Bertz CT molecular complexity index is 449. The normalized spacial score (nSPS) is 12.6. The maximum absolute atomic E-state index is 12.8. The van der Waals surface area contributed by atoms with Crippen molar-refractivity contribution < 1.29 is 27.5 Å². The molecular formula is C11H8F4O2. The minimum Gasteiger partial charge on any atom is -0.478 e. The average Bonchev–Trinajstić information content (AvgIpc) is 2.14. The van der Waals surface area contributed by atoms with E-state index in [0.29, 0.717) is 0 Å². The van der Waals surface area contributed by atoms with Crippen LogP contribution in [0.2, 0.25) is 0 Å². The Kier molecular flexibility index (Phi) is 3.88. The predicted molar refractivity (Wildman–Crippen MR) is 51.9 cm³/mol. The molecule has 6 heteroatoms. The second-order valence-electron chi connectivity index (χ2n) is 3.31. The van der Waals surface area contributed by atoms with Crippen molar-refractivity contribution in [2.45, 2.75) is 12.6 Å². The molecule has 0 radical (unpaired) electrons. The summed E-state index contributed by atoms with van der Waals surface area (Å²) in [7, 11) is 0. The molecule has 1 N–H and O–H groups in total. The molecule has 0 heterocycles. The number of allylic oxidation sites excluding steroid dienone is 1. The van der Waals surface area contributed by atoms with Gasteiger partial charge in [0.25, 0.3) is 0 Å². The maximum Gasteiger partial charge on any atom is 0.413 e. The molecule has 0 amide bonds. The first kappa shape index (κ1) is 13.2. The molecule has 92 valence electrons. The number of alkyl halides is 3. The Hall–Kier alpha value is -1.85. The van der Waals surface area contributed by atoms with Crippen LogP contribution in [0.3, 0.4) is 0 Å². The molecule has 0 bridgehead atoms. The third kappa shape index (κ3) is 4.26. The van der Waals surface area contributed by atoms with Gasteiger partial charge >= 0.3 is 12.1 Å². The van der Waals surface area contributed by atoms with Crippen molar-refractivity contribution in [1.29, 1.82) is 0 Å². The summed E-state index contributed by atoms with van der Waals surface area (Å²) in [4.78, 5) is 10.3. The maximum atomic E-state index is 12.8. The first-order valence-electron chi connectivity index (χ1n) is 4.54. The average molecular weight is 248 g/mol. The first-order valence-corrected chi connectivity index (χ1v) is 4.54. The van der Waals surface area contributed by atoms with E-state index >= 15 is 0 Å². The van der Waals surface area contributed by atoms with Gasteiger partial charge in [-0.1, -0.05) is 12.1 Å². The summed E-state index contributed by atoms with van der Waals surface area (Å²) in [5, 5.41) is 8.33. The van der Waals surface area contributed by atoms with Gasteiger partial charge in [0.15, 0.2) is 0 Å². The fourth-order valence-electron chi connectivity index (χ4n) is 1.25. The third-order valence-corrected chi connectivity index (χ3v) is 1.95. The summed E-state index contributed by atoms with van der Waals surface area (Å²) >= 11 is 0. The van der Waals surface area contributed by atoms with Crippen molar-refractivity contribution in [2.24, 2.45) is 0 Å². The van der Waals surface area contributed by atoms with Gasteiger partial charge < -0.3 is 5.11 Å². The summed E-state index contributed by atoms with van der Waals surface area (Å²) in [5.74, 6) is -2.35. The molecule has 1 rings (SSSR count). The van der Waals surface area contributed by atoms with Gasteiger partial charge in [-0.25, -0.2) is 9.18 Å². The molecule has 0 aliphatic rings. The van der Waals surface area contributed by atoms with E-state index in [1.165, 1.54) is 12.1 Å². The summed E-state index contributed by atoms with van der Waals surface area (Å²) in [6, 6.07) is 4.59. The van der Waals surface area contributed by atoms with Gasteiger partial charge in [-0.2, -0.15) is 13.2 Å². The second-order valence-corrected chi connectivity index (χ2v) is 3.31. The van der Waals surface area contributed by atoms with Gasteiger partial charge in [-0.15, -0.1) is 0 Å². The number of carboxylic acid groups (broad SMARTS) is 1. The Morgan fingerprint density at radius 2 is 2.00 bits per heavy atom. The predicted octanol–water partition coefficient (Wildman–Crippen LogP) is 2.94. The minimum atomic E-state index is -4.75. The highest BCUT2D eigenvalue weighted by Crippen LogP contribution is 2.28. The fourth-order valence-corrected chi connectivity index (χ4v) is 1.25. The molecule has 0 saturated carbocycles. The summed E-state index contributed by atoms with van der Waals surface area (Å²) in [5.41, 5.74) is -1.16. The lowest BCUT2D eigenvalue weighted by molar-refractivity contribution is -0.132. The van der Waals surface area contributed by atoms with Gasteiger partial charge in [0.05, 0.1) is 0 Å². The molecule has 0 aliphatic carbocycles. The molecular weight excluding hydrogens is 240 g/mol. The van der Waals surface area contributed by atoms with Crippen molar-refractivity contribution in [1.82, 2.24) is 0 Å². The minimum absolute atomic E-state index is 0.0647. The Morgan fingerprint density at radius 1 is 1.35 bits per heavy atom. The number of hydrogen-bond acceptors (Lipinski definition) is 1. The topological polar surface area (TPSA) is 37.3 Å². The monoisotopic (exact) mass is 248 g/mol. The van der Waals surface area contributed by atoms with E-state index in [-0.39, 0.29) is 11.6 Å². The zero-order valence-electron chi connectivity index (χ0n) is 8.46. The zero-order valence-corrected chi connectivity index (χ0v) is 8.46. The lowest BCUT2D eigenvalue weighted by atomic mass is 10.0. The fraction of sp³-hybridized carbons (Fsp3) is 0.182. The van der Waals surface area contributed by atoms with E-state index in [1.807, 2.05) is 0 Å². The Labute approximate surface area is 94.2 Å². The second kappa shape index (κ2) is 4.99. The lowest BCUT2D eigenvalue weighted by Gasteiger charge is -2.11. The van der Waals surface area contributed by atoms with Crippen molar-refractivity contribution in [3.63, 3.8) is 0 Å². The third-order valence-electron chi connectivity index (χ3n) is 1.95. The van der Waals surface area contributed by atoms with E-state index in [1.54, 1.807) is 0 Å². The lowest BCUT2D eigenvalue weighted by Crippen LogP contribution is -2.15. The molecule has 0 aromatic heterocycles. The van der Waals surface area contributed by atoms with Crippen molar-refractivity contribution in [3.8, 4) is 0 Å². The first-order chi connectivity index (χ1) is 7.79. The van der Waals surface area contributed by atoms with Crippen LogP contribution in [0, 0.1) is 5.82 Å². The van der Waals surface area contributed by atoms with Crippen LogP contribution in [-0.2, 0) is 11.2 Å². The molecule has 1 aromatic rings. The quantitative estimate of drug-likeness (QED) is 0.659. The molecule has 2 nitrogen and oxygen atoms in total. The number of halogens is 4. The number of benzene rings is 1. The van der Waals surface area contributed by atoms with Gasteiger partial charge in [0.1, 0.15) is 5.82 Å². The van der Waals surface area contributed by atoms with Gasteiger partial charge in [-0.3, -0.25) is 0 Å². The standard InChI is InChI=1S/C11H8F4O2/c12-9-3-1-2-7(5-9)4-8(6-10(16)17)11(13,14)15/h1-3,5-6H,4H2,(H,16,17)/b8-6+. The number of aliphatic carboxylic acids is 1. The zero-order chi connectivity index (χ0) is 13.1. The number of carbonyl (C=O) groups is 1. The van der Waals surface area contributed by atoms with Crippen molar-refractivity contribution in [3.05, 3.63) is 47.3 Å². The van der Waals surface area contributed by atoms with Crippen LogP contribution >= 0.6 is 0 Å². The van der Waals surface area contributed by atoms with Gasteiger partial charge in [-0.05, 0) is 17.7 Å². The highest BCUT2D eigenvalue weighted by Gasteiger charge is 2.34. The van der Waals surface area contributed by atoms with E-state index in [2.05, 4.69) is 0 Å². The van der Waals surface area contributed by atoms with Gasteiger partial charge in [0.2, 0.25) is 0 Å². The van der Waals surface area contributed by atoms with Crippen LogP contribution in [0.4, 0.5) is 17.6 Å². The van der Waals surface area contributed by atoms with Crippen LogP contribution < -0.4 is 0 Å². The van der Waals surface area contributed by atoms with E-state index < -0.39 is 30.0 Å². The van der Waals surface area contributed by atoms with Crippen LogP contribution in [0.25, 0.3) is 0 Å². The summed E-state index contributed by atoms with van der Waals surface area (Å²) in [6.07, 6.45) is -5.33. The molecule has 1 aromatic carbocycles. The smallest absolute Gasteiger partial charge is 0.413 e. The molecule has 0 saturated heterocycles. The Morgan fingerprint density at radius 3 is 2.47 bits per heavy atom. The highest BCUT2D eigenvalue weighted by molar-refractivity contribution is 5.81. The van der Waals surface area contributed by atoms with Gasteiger partial charge in [0, 0.05) is 18.1 Å². The Balaban J connectivity index is 2.99. The molecule has 17 heavy (non-hydrogen) atoms. The van der Waals surface area contributed by atoms with Crippen LogP contribution in [0.5, 0.6) is 0 Å². The SMILES string of the molecule is O=C(O)/C=C(\Cc1cccc(F)c1)C(F)(F)F. The highest BCUT2D eigenvalue weighted by atomic mass is 19.4. The molecule has 0 aliphatic heterocycles. The van der Waals surface area contributed by atoms with Crippen molar-refractivity contribution >= 4 is 5.97 Å². The van der Waals surface area contributed by atoms with E-state index in [9.17, 15) is 22.4 Å². The van der Waals surface area contributed by atoms with Crippen LogP contribution in [-0.4, -0.2) is 17.3 Å². The van der Waals surface area contributed by atoms with Crippen LogP contribution in [0.15, 0.2) is 35.9 Å². The molecule has 0 unspecified atom stereocenters. The largest absolute Gasteiger partial charge is 0.478 e. The number of rotatable bonds is 3. The van der Waals surface area contributed by atoms with Crippen molar-refractivity contribution in [2.75, 3.05) is 0 Å². The summed E-state index contributed by atoms with van der Waals surface area (Å²) in [6.45, 7) is 0. The number of hydrogen-bond donors (Lipinski definition) is 1. The van der Waals surface area contributed by atoms with E-state index in [0.717, 1.165) is 12.1 Å². The number of carboxylic acids is 1. The van der Waals surface area contributed by atoms with E-state index in [4.69, 9.17) is 5.11 Å². The summed E-state index contributed by atoms with van der Waals surface area (Å²) < 4.78 is 50.1. The molecule has 0 atom stereocenters.